The maximum Gasteiger partial charge on any atom is 0.239 e. The van der Waals surface area contributed by atoms with Crippen LogP contribution >= 0.6 is 11.3 Å². The van der Waals surface area contributed by atoms with Crippen molar-refractivity contribution >= 4 is 28.2 Å². The Morgan fingerprint density at radius 2 is 1.72 bits per heavy atom. The van der Waals surface area contributed by atoms with Gasteiger partial charge in [-0.05, 0) is 67.7 Å². The zero-order chi connectivity index (χ0) is 20.0. The van der Waals surface area contributed by atoms with Crippen LogP contribution in [0.25, 0.3) is 0 Å². The molecule has 0 aromatic carbocycles. The van der Waals surface area contributed by atoms with Crippen LogP contribution in [0.5, 0.6) is 0 Å². The van der Waals surface area contributed by atoms with E-state index in [1.807, 2.05) is 5.38 Å². The summed E-state index contributed by atoms with van der Waals surface area (Å²) in [6.45, 7) is 3.22. The number of carbonyl (C=O) groups excluding carboxylic acids is 2. The average Bonchev–Trinajstić information content (AvgIpc) is 3.14. The minimum absolute atomic E-state index is 0.0683. The van der Waals surface area contributed by atoms with Crippen LogP contribution < -0.4 is 5.32 Å². The van der Waals surface area contributed by atoms with Crippen molar-refractivity contribution in [2.24, 2.45) is 23.2 Å². The van der Waals surface area contributed by atoms with Crippen molar-refractivity contribution in [3.05, 3.63) is 17.0 Å². The first-order valence-electron chi connectivity index (χ1n) is 10.8. The standard InChI is InChI=1S/C22H28N4O2S/c23-13-18-1-6-29-20(18)24-19(27)14-25-2-4-26(5-3-25)21(28)22-10-15-7-16(11-22)9-17(8-15)12-22/h1,6,15-17H,2-5,7-12,14H2,(H,24,27). The van der Waals surface area contributed by atoms with Crippen molar-refractivity contribution in [2.45, 2.75) is 38.5 Å². The molecule has 1 aromatic rings. The molecule has 6 rings (SSSR count). The molecule has 0 spiro atoms. The van der Waals surface area contributed by atoms with E-state index in [0.29, 0.717) is 23.0 Å². The number of rotatable bonds is 4. The molecule has 1 N–H and O–H groups in total. The van der Waals surface area contributed by atoms with Gasteiger partial charge in [0.1, 0.15) is 11.1 Å². The Labute approximate surface area is 175 Å². The maximum atomic E-state index is 13.5. The second-order valence-corrected chi connectivity index (χ2v) is 10.5. The SMILES string of the molecule is N#Cc1ccsc1NC(=O)CN1CCN(C(=O)C23CC4CC(CC(C4)C2)C3)CC1. The maximum absolute atomic E-state index is 13.5. The van der Waals surface area contributed by atoms with Gasteiger partial charge in [0, 0.05) is 26.2 Å². The van der Waals surface area contributed by atoms with Crippen LogP contribution in [-0.2, 0) is 9.59 Å². The van der Waals surface area contributed by atoms with Gasteiger partial charge in [-0.15, -0.1) is 11.3 Å². The smallest absolute Gasteiger partial charge is 0.239 e. The number of anilines is 1. The van der Waals surface area contributed by atoms with Crippen molar-refractivity contribution in [3.8, 4) is 6.07 Å². The Balaban J connectivity index is 1.14. The predicted octanol–water partition coefficient (Wildman–Crippen LogP) is 2.92. The fraction of sp³-hybridized carbons (Fsp3) is 0.682. The van der Waals surface area contributed by atoms with Crippen LogP contribution in [0.15, 0.2) is 11.4 Å². The Morgan fingerprint density at radius 3 is 2.31 bits per heavy atom. The zero-order valence-electron chi connectivity index (χ0n) is 16.7. The molecule has 5 aliphatic rings. The lowest BCUT2D eigenvalue weighted by Crippen LogP contribution is -2.58. The third-order valence-corrected chi connectivity index (χ3v) is 8.39. The van der Waals surface area contributed by atoms with E-state index in [2.05, 4.69) is 21.2 Å². The van der Waals surface area contributed by atoms with Gasteiger partial charge in [-0.3, -0.25) is 14.5 Å². The van der Waals surface area contributed by atoms with E-state index in [-0.39, 0.29) is 11.3 Å². The lowest BCUT2D eigenvalue weighted by Gasteiger charge is -2.57. The number of hydrogen-bond donors (Lipinski definition) is 1. The zero-order valence-corrected chi connectivity index (χ0v) is 17.5. The van der Waals surface area contributed by atoms with Crippen LogP contribution in [0.1, 0.15) is 44.1 Å². The van der Waals surface area contributed by atoms with Crippen molar-refractivity contribution in [1.29, 1.82) is 5.26 Å². The number of hydrogen-bond acceptors (Lipinski definition) is 5. The molecule has 154 valence electrons. The molecule has 0 atom stereocenters. The molecule has 0 unspecified atom stereocenters. The van der Waals surface area contributed by atoms with Crippen LogP contribution in [0.4, 0.5) is 5.00 Å². The summed E-state index contributed by atoms with van der Waals surface area (Å²) in [7, 11) is 0. The van der Waals surface area contributed by atoms with Gasteiger partial charge >= 0.3 is 0 Å². The summed E-state index contributed by atoms with van der Waals surface area (Å²) >= 11 is 1.37. The summed E-state index contributed by atoms with van der Waals surface area (Å²) in [6.07, 6.45) is 7.40. The number of piperazine rings is 1. The van der Waals surface area contributed by atoms with E-state index in [0.717, 1.165) is 63.2 Å². The molecular formula is C22H28N4O2S. The Bertz CT molecular complexity index is 814. The molecule has 2 heterocycles. The van der Waals surface area contributed by atoms with Gasteiger partial charge in [0.2, 0.25) is 11.8 Å². The average molecular weight is 413 g/mol. The van der Waals surface area contributed by atoms with E-state index in [4.69, 9.17) is 5.26 Å². The fourth-order valence-corrected chi connectivity index (χ4v) is 7.43. The molecule has 0 radical (unpaired) electrons. The number of amides is 2. The Hall–Kier alpha value is -1.91. The number of nitrogens with zero attached hydrogens (tertiary/aromatic N) is 3. The van der Waals surface area contributed by atoms with Crippen LogP contribution in [0.2, 0.25) is 0 Å². The minimum atomic E-state index is -0.0928. The lowest BCUT2D eigenvalue weighted by molar-refractivity contribution is -0.159. The molecule has 4 aliphatic carbocycles. The van der Waals surface area contributed by atoms with Crippen LogP contribution in [0.3, 0.4) is 0 Å². The van der Waals surface area contributed by atoms with E-state index < -0.39 is 0 Å². The third-order valence-electron chi connectivity index (χ3n) is 7.56. The van der Waals surface area contributed by atoms with E-state index in [1.165, 1.54) is 30.6 Å². The topological polar surface area (TPSA) is 76.4 Å². The number of carbonyl (C=O) groups is 2. The molecule has 1 aromatic heterocycles. The summed E-state index contributed by atoms with van der Waals surface area (Å²) in [5.41, 5.74) is 0.440. The first kappa shape index (κ1) is 19.1. The highest BCUT2D eigenvalue weighted by atomic mass is 32.1. The van der Waals surface area contributed by atoms with Crippen LogP contribution in [-0.4, -0.2) is 54.3 Å². The van der Waals surface area contributed by atoms with E-state index in [9.17, 15) is 9.59 Å². The second kappa shape index (κ2) is 7.41. The van der Waals surface area contributed by atoms with Gasteiger partial charge in [0.05, 0.1) is 17.5 Å². The minimum Gasteiger partial charge on any atom is -0.340 e. The molecule has 4 bridgehead atoms. The van der Waals surface area contributed by atoms with Crippen molar-refractivity contribution in [2.75, 3.05) is 38.0 Å². The summed E-state index contributed by atoms with van der Waals surface area (Å²) in [5.74, 6) is 2.66. The van der Waals surface area contributed by atoms with E-state index >= 15 is 0 Å². The highest BCUT2D eigenvalue weighted by Crippen LogP contribution is 2.60. The third kappa shape index (κ3) is 3.57. The first-order chi connectivity index (χ1) is 14.0. The van der Waals surface area contributed by atoms with Gasteiger partial charge < -0.3 is 10.2 Å². The van der Waals surface area contributed by atoms with Gasteiger partial charge in [0.25, 0.3) is 0 Å². The Morgan fingerprint density at radius 1 is 1.10 bits per heavy atom. The van der Waals surface area contributed by atoms with Gasteiger partial charge in [-0.25, -0.2) is 0 Å². The summed E-state index contributed by atoms with van der Waals surface area (Å²) in [6, 6.07) is 3.81. The van der Waals surface area contributed by atoms with Crippen molar-refractivity contribution < 1.29 is 9.59 Å². The highest BCUT2D eigenvalue weighted by Gasteiger charge is 2.55. The van der Waals surface area contributed by atoms with Crippen molar-refractivity contribution in [1.82, 2.24) is 9.80 Å². The molecule has 4 saturated carbocycles. The molecule has 29 heavy (non-hydrogen) atoms. The molecular weight excluding hydrogens is 384 g/mol. The highest BCUT2D eigenvalue weighted by molar-refractivity contribution is 7.14. The van der Waals surface area contributed by atoms with E-state index in [1.54, 1.807) is 6.07 Å². The second-order valence-electron chi connectivity index (χ2n) is 9.59. The lowest BCUT2D eigenvalue weighted by atomic mass is 9.49. The molecule has 2 amide bonds. The number of nitriles is 1. The monoisotopic (exact) mass is 412 g/mol. The predicted molar refractivity (Wildman–Crippen MR) is 111 cm³/mol. The molecule has 5 fully saturated rings. The Kier molecular flexibility index (Phi) is 4.87. The van der Waals surface area contributed by atoms with Crippen LogP contribution in [0, 0.1) is 34.5 Å². The van der Waals surface area contributed by atoms with Gasteiger partial charge in [-0.2, -0.15) is 5.26 Å². The largest absolute Gasteiger partial charge is 0.340 e. The molecule has 1 saturated heterocycles. The van der Waals surface area contributed by atoms with Crippen molar-refractivity contribution in [3.63, 3.8) is 0 Å². The fourth-order valence-electron chi connectivity index (χ4n) is 6.68. The normalized spacial score (nSPS) is 33.5. The number of nitrogens with one attached hydrogen (secondary N) is 1. The summed E-state index contributed by atoms with van der Waals surface area (Å²) in [5, 5.41) is 14.3. The summed E-state index contributed by atoms with van der Waals surface area (Å²) in [4.78, 5) is 30.0. The van der Waals surface area contributed by atoms with Gasteiger partial charge in [0.15, 0.2) is 0 Å². The number of thiophene rings is 1. The molecule has 6 nitrogen and oxygen atoms in total. The van der Waals surface area contributed by atoms with Gasteiger partial charge in [-0.1, -0.05) is 0 Å². The molecule has 7 heteroatoms. The first-order valence-corrected chi connectivity index (χ1v) is 11.7. The summed E-state index contributed by atoms with van der Waals surface area (Å²) < 4.78 is 0. The molecule has 1 aliphatic heterocycles. The quantitative estimate of drug-likeness (QED) is 0.825.